The van der Waals surface area contributed by atoms with E-state index in [9.17, 15) is 14.4 Å². The van der Waals surface area contributed by atoms with Crippen LogP contribution in [0.15, 0.2) is 84.9 Å². The van der Waals surface area contributed by atoms with Crippen molar-refractivity contribution in [1.82, 2.24) is 5.32 Å². The number of para-hydroxylation sites is 1. The molecule has 4 amide bonds. The van der Waals surface area contributed by atoms with Gasteiger partial charge in [0.1, 0.15) is 0 Å². The Balaban J connectivity index is 1.46. The fraction of sp³-hybridized carbons (Fsp3) is 0.0870. The van der Waals surface area contributed by atoms with Crippen molar-refractivity contribution in [2.24, 2.45) is 0 Å². The molecule has 3 rings (SSSR count). The fourth-order valence-electron chi connectivity index (χ4n) is 2.72. The van der Waals surface area contributed by atoms with Crippen LogP contribution in [0.4, 0.5) is 21.9 Å². The van der Waals surface area contributed by atoms with Crippen molar-refractivity contribution in [3.63, 3.8) is 0 Å². The first-order valence-corrected chi connectivity index (χ1v) is 9.42. The second-order valence-corrected chi connectivity index (χ2v) is 6.51. The van der Waals surface area contributed by atoms with Gasteiger partial charge in [0.15, 0.2) is 0 Å². The Bertz CT molecular complexity index is 1010. The van der Waals surface area contributed by atoms with Gasteiger partial charge in [0.25, 0.3) is 0 Å². The van der Waals surface area contributed by atoms with E-state index in [2.05, 4.69) is 21.3 Å². The maximum atomic E-state index is 12.1. The number of benzene rings is 3. The van der Waals surface area contributed by atoms with E-state index in [1.807, 2.05) is 48.5 Å². The Morgan fingerprint density at radius 3 is 1.87 bits per heavy atom. The topological polar surface area (TPSA) is 99.3 Å². The Kier molecular flexibility index (Phi) is 7.16. The highest BCUT2D eigenvalue weighted by atomic mass is 16.2. The summed E-state index contributed by atoms with van der Waals surface area (Å²) < 4.78 is 0. The summed E-state index contributed by atoms with van der Waals surface area (Å²) in [6, 6.07) is 24.7. The monoisotopic (exact) mass is 402 g/mol. The number of anilines is 3. The molecule has 0 bridgehead atoms. The molecule has 152 valence electrons. The molecule has 3 aromatic rings. The number of carbonyl (C=O) groups excluding carboxylic acids is 3. The van der Waals surface area contributed by atoms with Crippen LogP contribution < -0.4 is 21.3 Å². The Morgan fingerprint density at radius 2 is 1.17 bits per heavy atom. The van der Waals surface area contributed by atoms with Gasteiger partial charge in [-0.05, 0) is 35.9 Å². The van der Waals surface area contributed by atoms with Crippen molar-refractivity contribution in [2.75, 3.05) is 22.5 Å². The molecule has 0 heterocycles. The minimum atomic E-state index is -0.391. The number of amides is 4. The van der Waals surface area contributed by atoms with Crippen LogP contribution in [0.25, 0.3) is 0 Å². The quantitative estimate of drug-likeness (QED) is 0.486. The van der Waals surface area contributed by atoms with Gasteiger partial charge in [0, 0.05) is 17.1 Å². The minimum absolute atomic E-state index is 0.141. The van der Waals surface area contributed by atoms with Gasteiger partial charge in [-0.2, -0.15) is 0 Å². The van der Waals surface area contributed by atoms with E-state index < -0.39 is 6.03 Å². The third-order valence-electron chi connectivity index (χ3n) is 4.09. The molecule has 0 aromatic heterocycles. The maximum Gasteiger partial charge on any atom is 0.323 e. The summed E-state index contributed by atoms with van der Waals surface area (Å²) in [4.78, 5) is 36.2. The smallest absolute Gasteiger partial charge is 0.323 e. The average Bonchev–Trinajstić information content (AvgIpc) is 2.74. The lowest BCUT2D eigenvalue weighted by Crippen LogP contribution is -2.33. The second kappa shape index (κ2) is 10.4. The number of urea groups is 1. The number of rotatable bonds is 7. The van der Waals surface area contributed by atoms with Crippen molar-refractivity contribution in [1.29, 1.82) is 0 Å². The lowest BCUT2D eigenvalue weighted by molar-refractivity contribution is -0.123. The first-order chi connectivity index (χ1) is 14.6. The predicted octanol–water partition coefficient (Wildman–Crippen LogP) is 3.63. The zero-order valence-corrected chi connectivity index (χ0v) is 16.2. The van der Waals surface area contributed by atoms with Gasteiger partial charge >= 0.3 is 6.03 Å². The summed E-state index contributed by atoms with van der Waals surface area (Å²) in [5.74, 6) is -0.591. The maximum absolute atomic E-state index is 12.1. The number of nitrogens with one attached hydrogen (secondary N) is 4. The summed E-state index contributed by atoms with van der Waals surface area (Å²) in [6.07, 6.45) is 0.212. The highest BCUT2D eigenvalue weighted by Crippen LogP contribution is 2.15. The lowest BCUT2D eigenvalue weighted by atomic mass is 10.1. The highest BCUT2D eigenvalue weighted by molar-refractivity contribution is 6.00. The van der Waals surface area contributed by atoms with Crippen LogP contribution >= 0.6 is 0 Å². The summed E-state index contributed by atoms with van der Waals surface area (Å²) >= 11 is 0. The lowest BCUT2D eigenvalue weighted by Gasteiger charge is -2.10. The standard InChI is InChI=1S/C23H22N4O3/c28-21(14-17-8-3-1-4-9-17)24-16-22(29)25-19-12-7-13-20(15-19)27-23(30)26-18-10-5-2-6-11-18/h1-13,15H,14,16H2,(H,24,28)(H,25,29)(H2,26,27,30). The molecule has 0 aliphatic heterocycles. The van der Waals surface area contributed by atoms with E-state index in [-0.39, 0.29) is 24.8 Å². The van der Waals surface area contributed by atoms with E-state index in [0.717, 1.165) is 5.56 Å². The molecule has 7 heteroatoms. The van der Waals surface area contributed by atoms with Crippen molar-refractivity contribution < 1.29 is 14.4 Å². The van der Waals surface area contributed by atoms with Crippen LogP contribution in [0.3, 0.4) is 0 Å². The Hall–Kier alpha value is -4.13. The number of hydrogen-bond acceptors (Lipinski definition) is 3. The summed E-state index contributed by atoms with van der Waals surface area (Å²) in [5, 5.41) is 10.7. The molecule has 0 saturated heterocycles. The Morgan fingerprint density at radius 1 is 0.600 bits per heavy atom. The largest absolute Gasteiger partial charge is 0.347 e. The van der Waals surface area contributed by atoms with Gasteiger partial charge < -0.3 is 21.3 Å². The Labute approximate surface area is 174 Å². The van der Waals surface area contributed by atoms with Crippen LogP contribution in [0.5, 0.6) is 0 Å². The molecule has 7 nitrogen and oxygen atoms in total. The first kappa shape index (κ1) is 20.6. The van der Waals surface area contributed by atoms with Crippen molar-refractivity contribution in [2.45, 2.75) is 6.42 Å². The third-order valence-corrected chi connectivity index (χ3v) is 4.09. The van der Waals surface area contributed by atoms with Crippen molar-refractivity contribution in [3.05, 3.63) is 90.5 Å². The summed E-state index contributed by atoms with van der Waals surface area (Å²) in [7, 11) is 0. The molecule has 30 heavy (non-hydrogen) atoms. The molecule has 4 N–H and O–H groups in total. The van der Waals surface area contributed by atoms with Crippen LogP contribution in [-0.2, 0) is 16.0 Å². The zero-order valence-electron chi connectivity index (χ0n) is 16.2. The van der Waals surface area contributed by atoms with Gasteiger partial charge in [-0.25, -0.2) is 4.79 Å². The molecule has 3 aromatic carbocycles. The van der Waals surface area contributed by atoms with Crippen molar-refractivity contribution in [3.8, 4) is 0 Å². The number of carbonyl (C=O) groups is 3. The third kappa shape index (κ3) is 6.79. The molecule has 0 aliphatic rings. The molecular formula is C23H22N4O3. The molecule has 0 aliphatic carbocycles. The first-order valence-electron chi connectivity index (χ1n) is 9.42. The van der Waals surface area contributed by atoms with E-state index in [1.54, 1.807) is 36.4 Å². The minimum Gasteiger partial charge on any atom is -0.347 e. The normalized spacial score (nSPS) is 10.0. The molecule has 0 spiro atoms. The summed E-state index contributed by atoms with van der Waals surface area (Å²) in [5.41, 5.74) is 2.58. The van der Waals surface area contributed by atoms with Crippen LogP contribution in [0.2, 0.25) is 0 Å². The van der Waals surface area contributed by atoms with Crippen molar-refractivity contribution >= 4 is 34.9 Å². The molecule has 0 unspecified atom stereocenters. The zero-order chi connectivity index (χ0) is 21.2. The molecule has 0 radical (unpaired) electrons. The SMILES string of the molecule is O=C(Cc1ccccc1)NCC(=O)Nc1cccc(NC(=O)Nc2ccccc2)c1. The van der Waals surface area contributed by atoms with Gasteiger partial charge in [-0.1, -0.05) is 54.6 Å². The van der Waals surface area contributed by atoms with Crippen LogP contribution in [0, 0.1) is 0 Å². The fourth-order valence-corrected chi connectivity index (χ4v) is 2.72. The molecule has 0 saturated carbocycles. The second-order valence-electron chi connectivity index (χ2n) is 6.51. The van der Waals surface area contributed by atoms with Gasteiger partial charge in [-0.3, -0.25) is 9.59 Å². The van der Waals surface area contributed by atoms with Gasteiger partial charge in [0.05, 0.1) is 13.0 Å². The summed E-state index contributed by atoms with van der Waals surface area (Å²) in [6.45, 7) is -0.141. The van der Waals surface area contributed by atoms with Gasteiger partial charge in [0.2, 0.25) is 11.8 Å². The van der Waals surface area contributed by atoms with E-state index >= 15 is 0 Å². The van der Waals surface area contributed by atoms with E-state index in [1.165, 1.54) is 0 Å². The average molecular weight is 402 g/mol. The predicted molar refractivity (Wildman–Crippen MR) is 117 cm³/mol. The number of hydrogen-bond donors (Lipinski definition) is 4. The molecule has 0 fully saturated rings. The van der Waals surface area contributed by atoms with Crippen LogP contribution in [0.1, 0.15) is 5.56 Å². The molecule has 0 atom stereocenters. The van der Waals surface area contributed by atoms with E-state index in [0.29, 0.717) is 17.1 Å². The highest BCUT2D eigenvalue weighted by Gasteiger charge is 2.08. The van der Waals surface area contributed by atoms with Gasteiger partial charge in [-0.15, -0.1) is 0 Å². The van der Waals surface area contributed by atoms with E-state index in [4.69, 9.17) is 0 Å². The van der Waals surface area contributed by atoms with Crippen LogP contribution in [-0.4, -0.2) is 24.4 Å². The molecular weight excluding hydrogens is 380 g/mol.